The van der Waals surface area contributed by atoms with Gasteiger partial charge in [0.05, 0.1) is 19.2 Å². The van der Waals surface area contributed by atoms with Crippen LogP contribution in [0.3, 0.4) is 0 Å². The minimum atomic E-state index is -0.0121. The molecule has 3 rings (SSSR count). The number of rotatable bonds is 4. The monoisotopic (exact) mass is 311 g/mol. The van der Waals surface area contributed by atoms with Gasteiger partial charge in [-0.15, -0.1) is 0 Å². The van der Waals surface area contributed by atoms with Gasteiger partial charge in [-0.2, -0.15) is 0 Å². The number of carbonyl (C=O) groups is 1. The minimum absolute atomic E-state index is 0.0121. The number of carbonyl (C=O) groups excluding carboxylic acids is 1. The van der Waals surface area contributed by atoms with Crippen LogP contribution in [0.2, 0.25) is 0 Å². The van der Waals surface area contributed by atoms with Gasteiger partial charge in [-0.3, -0.25) is 9.78 Å². The van der Waals surface area contributed by atoms with Crippen LogP contribution in [0.1, 0.15) is 24.0 Å². The molecular formula is C18H21N3O2. The van der Waals surface area contributed by atoms with E-state index in [-0.39, 0.29) is 12.0 Å². The summed E-state index contributed by atoms with van der Waals surface area (Å²) in [5.74, 6) is 0.675. The summed E-state index contributed by atoms with van der Waals surface area (Å²) >= 11 is 0. The number of hydrogen-bond donors (Lipinski definition) is 0. The maximum atomic E-state index is 12.5. The van der Waals surface area contributed by atoms with E-state index in [2.05, 4.69) is 16.0 Å². The van der Waals surface area contributed by atoms with Gasteiger partial charge in [0.1, 0.15) is 6.10 Å². The van der Waals surface area contributed by atoms with Crippen molar-refractivity contribution in [2.75, 3.05) is 13.1 Å². The van der Waals surface area contributed by atoms with E-state index < -0.39 is 0 Å². The Bertz CT molecular complexity index is 660. The van der Waals surface area contributed by atoms with Gasteiger partial charge in [-0.25, -0.2) is 4.98 Å². The lowest BCUT2D eigenvalue weighted by Crippen LogP contribution is -2.45. The lowest BCUT2D eigenvalue weighted by atomic mass is 10.1. The first-order valence-electron chi connectivity index (χ1n) is 7.97. The normalized spacial score (nSPS) is 17.8. The molecule has 23 heavy (non-hydrogen) atoms. The van der Waals surface area contributed by atoms with Crippen molar-refractivity contribution in [1.29, 1.82) is 0 Å². The van der Waals surface area contributed by atoms with E-state index in [1.165, 1.54) is 5.56 Å². The standard InChI is InChI=1S/C18H21N3O2/c1-14-4-2-5-15(10-14)11-18(22)21-9-3-6-16(13-21)23-17-12-19-7-8-20-17/h2,4-5,7-8,10,12,16H,3,6,9,11,13H2,1H3/t16-/m1/s1. The number of likely N-dealkylation sites (tertiary alicyclic amines) is 1. The zero-order chi connectivity index (χ0) is 16.1. The minimum Gasteiger partial charge on any atom is -0.471 e. The number of hydrogen-bond acceptors (Lipinski definition) is 4. The quantitative estimate of drug-likeness (QED) is 0.870. The van der Waals surface area contributed by atoms with Gasteiger partial charge >= 0.3 is 0 Å². The van der Waals surface area contributed by atoms with Crippen LogP contribution >= 0.6 is 0 Å². The smallest absolute Gasteiger partial charge is 0.232 e. The summed E-state index contributed by atoms with van der Waals surface area (Å²) in [5.41, 5.74) is 2.24. The van der Waals surface area contributed by atoms with Crippen molar-refractivity contribution < 1.29 is 9.53 Å². The first kappa shape index (κ1) is 15.5. The van der Waals surface area contributed by atoms with Crippen molar-refractivity contribution in [2.45, 2.75) is 32.3 Å². The molecule has 1 fully saturated rings. The third-order valence-corrected chi connectivity index (χ3v) is 4.00. The summed E-state index contributed by atoms with van der Waals surface area (Å²) in [4.78, 5) is 22.5. The molecule has 1 aliphatic rings. The predicted octanol–water partition coefficient (Wildman–Crippen LogP) is 2.40. The number of ether oxygens (including phenoxy) is 1. The molecule has 0 spiro atoms. The van der Waals surface area contributed by atoms with Crippen molar-refractivity contribution in [3.8, 4) is 5.88 Å². The molecule has 1 atom stereocenters. The summed E-state index contributed by atoms with van der Waals surface area (Å²) in [6.07, 6.45) is 7.15. The lowest BCUT2D eigenvalue weighted by molar-refractivity contribution is -0.133. The Kier molecular flexibility index (Phi) is 4.86. The number of aromatic nitrogens is 2. The number of piperidine rings is 1. The summed E-state index contributed by atoms with van der Waals surface area (Å²) < 4.78 is 5.84. The summed E-state index contributed by atoms with van der Waals surface area (Å²) in [5, 5.41) is 0. The third kappa shape index (κ3) is 4.28. The number of nitrogens with zero attached hydrogens (tertiary/aromatic N) is 3. The van der Waals surface area contributed by atoms with Crippen molar-refractivity contribution >= 4 is 5.91 Å². The molecule has 2 heterocycles. The molecule has 0 saturated carbocycles. The second kappa shape index (κ2) is 7.22. The molecule has 0 unspecified atom stereocenters. The molecule has 2 aromatic rings. The van der Waals surface area contributed by atoms with Gasteiger partial charge in [-0.1, -0.05) is 29.8 Å². The van der Waals surface area contributed by atoms with Crippen molar-refractivity contribution in [3.63, 3.8) is 0 Å². The van der Waals surface area contributed by atoms with E-state index >= 15 is 0 Å². The molecule has 0 N–H and O–H groups in total. The van der Waals surface area contributed by atoms with Crippen LogP contribution < -0.4 is 4.74 Å². The summed E-state index contributed by atoms with van der Waals surface area (Å²) in [6, 6.07) is 8.10. The molecule has 120 valence electrons. The highest BCUT2D eigenvalue weighted by Crippen LogP contribution is 2.17. The predicted molar refractivity (Wildman–Crippen MR) is 87.1 cm³/mol. The Balaban J connectivity index is 1.58. The fraction of sp³-hybridized carbons (Fsp3) is 0.389. The SMILES string of the molecule is Cc1cccc(CC(=O)N2CCC[C@@H](Oc3cnccn3)C2)c1. The number of aryl methyl sites for hydroxylation is 1. The zero-order valence-electron chi connectivity index (χ0n) is 13.3. The molecule has 0 aliphatic carbocycles. The highest BCUT2D eigenvalue weighted by molar-refractivity contribution is 5.79. The molecule has 1 aromatic carbocycles. The highest BCUT2D eigenvalue weighted by Gasteiger charge is 2.25. The Labute approximate surface area is 136 Å². The molecule has 1 saturated heterocycles. The fourth-order valence-corrected chi connectivity index (χ4v) is 2.89. The summed E-state index contributed by atoms with van der Waals surface area (Å²) in [6.45, 7) is 3.45. The van der Waals surface area contributed by atoms with Crippen LogP contribution in [-0.4, -0.2) is 40.0 Å². The van der Waals surface area contributed by atoms with E-state index in [9.17, 15) is 4.79 Å². The van der Waals surface area contributed by atoms with Crippen LogP contribution in [0.4, 0.5) is 0 Å². The van der Waals surface area contributed by atoms with Gasteiger partial charge in [0.25, 0.3) is 0 Å². The largest absolute Gasteiger partial charge is 0.471 e. The van der Waals surface area contributed by atoms with Crippen molar-refractivity contribution in [1.82, 2.24) is 14.9 Å². The maximum Gasteiger partial charge on any atom is 0.232 e. The van der Waals surface area contributed by atoms with Gasteiger partial charge in [0, 0.05) is 18.9 Å². The maximum absolute atomic E-state index is 12.5. The lowest BCUT2D eigenvalue weighted by Gasteiger charge is -2.32. The van der Waals surface area contributed by atoms with Gasteiger partial charge in [0.2, 0.25) is 11.8 Å². The molecule has 0 bridgehead atoms. The molecular weight excluding hydrogens is 290 g/mol. The molecule has 0 radical (unpaired) electrons. The fourth-order valence-electron chi connectivity index (χ4n) is 2.89. The van der Waals surface area contributed by atoms with Gasteiger partial charge in [-0.05, 0) is 25.3 Å². The van der Waals surface area contributed by atoms with Crippen LogP contribution in [0, 0.1) is 6.92 Å². The highest BCUT2D eigenvalue weighted by atomic mass is 16.5. The molecule has 5 nitrogen and oxygen atoms in total. The average Bonchev–Trinajstić information content (AvgIpc) is 2.56. The topological polar surface area (TPSA) is 55.3 Å². The van der Waals surface area contributed by atoms with Crippen LogP contribution in [0.5, 0.6) is 5.88 Å². The first-order valence-corrected chi connectivity index (χ1v) is 7.97. The molecule has 5 heteroatoms. The van der Waals surface area contributed by atoms with E-state index in [4.69, 9.17) is 4.74 Å². The van der Waals surface area contributed by atoms with Gasteiger partial charge in [0.15, 0.2) is 0 Å². The van der Waals surface area contributed by atoms with Crippen LogP contribution in [-0.2, 0) is 11.2 Å². The Hall–Kier alpha value is -2.43. The molecule has 1 aliphatic heterocycles. The second-order valence-corrected chi connectivity index (χ2v) is 5.93. The van der Waals surface area contributed by atoms with E-state index in [1.54, 1.807) is 18.6 Å². The van der Waals surface area contributed by atoms with Gasteiger partial charge < -0.3 is 9.64 Å². The zero-order valence-corrected chi connectivity index (χ0v) is 13.3. The van der Waals surface area contributed by atoms with Crippen LogP contribution in [0.25, 0.3) is 0 Å². The average molecular weight is 311 g/mol. The number of benzene rings is 1. The van der Waals surface area contributed by atoms with Crippen molar-refractivity contribution in [2.24, 2.45) is 0 Å². The van der Waals surface area contributed by atoms with E-state index in [0.717, 1.165) is 24.9 Å². The van der Waals surface area contributed by atoms with Crippen molar-refractivity contribution in [3.05, 3.63) is 54.0 Å². The summed E-state index contributed by atoms with van der Waals surface area (Å²) in [7, 11) is 0. The molecule has 1 aromatic heterocycles. The first-order chi connectivity index (χ1) is 11.2. The van der Waals surface area contributed by atoms with Crippen LogP contribution in [0.15, 0.2) is 42.9 Å². The third-order valence-electron chi connectivity index (χ3n) is 4.00. The van der Waals surface area contributed by atoms with E-state index in [1.807, 2.05) is 30.0 Å². The Morgan fingerprint density at radius 1 is 1.39 bits per heavy atom. The number of amides is 1. The Morgan fingerprint density at radius 3 is 3.09 bits per heavy atom. The second-order valence-electron chi connectivity index (χ2n) is 5.93. The molecule has 1 amide bonds. The Morgan fingerprint density at radius 2 is 2.30 bits per heavy atom. The van der Waals surface area contributed by atoms with E-state index in [0.29, 0.717) is 18.8 Å².